The summed E-state index contributed by atoms with van der Waals surface area (Å²) in [6.07, 6.45) is 9.41. The Morgan fingerprint density at radius 1 is 1.17 bits per heavy atom. The summed E-state index contributed by atoms with van der Waals surface area (Å²) in [6, 6.07) is 11.6. The average Bonchev–Trinajstić information content (AvgIpc) is 3.43. The molecule has 0 aliphatic carbocycles. The molecular weight excluding hydrogens is 366 g/mol. The Hall–Kier alpha value is -3.48. The lowest BCUT2D eigenvalue weighted by Crippen LogP contribution is -2.40. The minimum atomic E-state index is 0.0901. The predicted octanol–water partition coefficient (Wildman–Crippen LogP) is 3.33. The summed E-state index contributed by atoms with van der Waals surface area (Å²) in [5, 5.41) is 4.72. The maximum absolute atomic E-state index is 12.6. The molecule has 1 aliphatic rings. The van der Waals surface area contributed by atoms with Gasteiger partial charge < -0.3 is 9.32 Å². The molecule has 5 heterocycles. The number of pyridine rings is 2. The second-order valence-electron chi connectivity index (χ2n) is 7.37. The highest BCUT2D eigenvalue weighted by atomic mass is 16.3. The third-order valence-electron chi connectivity index (χ3n) is 5.39. The zero-order valence-corrected chi connectivity index (χ0v) is 15.9. The van der Waals surface area contributed by atoms with Gasteiger partial charge in [0.25, 0.3) is 0 Å². The Morgan fingerprint density at radius 2 is 2.14 bits per heavy atom. The fourth-order valence-corrected chi connectivity index (χ4v) is 3.87. The first-order chi connectivity index (χ1) is 14.3. The number of aromatic nitrogens is 4. The van der Waals surface area contributed by atoms with E-state index in [-0.39, 0.29) is 11.8 Å². The van der Waals surface area contributed by atoms with Gasteiger partial charge >= 0.3 is 0 Å². The Bertz CT molecular complexity index is 1120. The minimum absolute atomic E-state index is 0.0901. The molecule has 0 spiro atoms. The average molecular weight is 387 g/mol. The largest absolute Gasteiger partial charge is 0.469 e. The summed E-state index contributed by atoms with van der Waals surface area (Å²) in [7, 11) is 0. The molecule has 1 fully saturated rings. The van der Waals surface area contributed by atoms with E-state index in [0.717, 1.165) is 42.0 Å². The number of furan rings is 1. The van der Waals surface area contributed by atoms with Crippen LogP contribution in [0.2, 0.25) is 0 Å². The number of piperidine rings is 1. The van der Waals surface area contributed by atoms with Gasteiger partial charge in [-0.1, -0.05) is 6.07 Å². The van der Waals surface area contributed by atoms with Gasteiger partial charge in [0.2, 0.25) is 5.91 Å². The Balaban J connectivity index is 1.35. The summed E-state index contributed by atoms with van der Waals surface area (Å²) < 4.78 is 7.13. The molecule has 7 heteroatoms. The molecular formula is C22H21N5O2. The van der Waals surface area contributed by atoms with Gasteiger partial charge in [0.15, 0.2) is 11.5 Å². The zero-order valence-electron chi connectivity index (χ0n) is 15.9. The summed E-state index contributed by atoms with van der Waals surface area (Å²) >= 11 is 0. The number of fused-ring (bicyclic) bond motifs is 1. The van der Waals surface area contributed by atoms with Crippen molar-refractivity contribution < 1.29 is 9.21 Å². The van der Waals surface area contributed by atoms with Crippen molar-refractivity contribution in [1.29, 1.82) is 0 Å². The first kappa shape index (κ1) is 17.6. The third-order valence-corrected chi connectivity index (χ3v) is 5.39. The van der Waals surface area contributed by atoms with Crippen LogP contribution in [0.3, 0.4) is 0 Å². The highest BCUT2D eigenvalue weighted by Crippen LogP contribution is 2.26. The van der Waals surface area contributed by atoms with Crippen molar-refractivity contribution in [1.82, 2.24) is 24.5 Å². The number of likely N-dealkylation sites (tertiary alicyclic amines) is 1. The number of nitrogens with zero attached hydrogens (tertiary/aromatic N) is 5. The Labute approximate surface area is 168 Å². The van der Waals surface area contributed by atoms with E-state index < -0.39 is 0 Å². The van der Waals surface area contributed by atoms with Crippen molar-refractivity contribution in [2.24, 2.45) is 0 Å². The second kappa shape index (κ2) is 7.50. The van der Waals surface area contributed by atoms with Crippen LogP contribution in [0.25, 0.3) is 16.8 Å². The van der Waals surface area contributed by atoms with Gasteiger partial charge in [-0.2, -0.15) is 5.10 Å². The van der Waals surface area contributed by atoms with Crippen molar-refractivity contribution in [3.8, 4) is 11.1 Å². The van der Waals surface area contributed by atoms with Gasteiger partial charge in [0.1, 0.15) is 5.76 Å². The van der Waals surface area contributed by atoms with Crippen molar-refractivity contribution in [3.63, 3.8) is 0 Å². The van der Waals surface area contributed by atoms with Gasteiger partial charge in [-0.15, -0.1) is 0 Å². The van der Waals surface area contributed by atoms with Crippen molar-refractivity contribution >= 4 is 11.6 Å². The quantitative estimate of drug-likeness (QED) is 0.537. The van der Waals surface area contributed by atoms with Crippen LogP contribution >= 0.6 is 0 Å². The van der Waals surface area contributed by atoms with Crippen LogP contribution < -0.4 is 0 Å². The lowest BCUT2D eigenvalue weighted by atomic mass is 9.97. The highest BCUT2D eigenvalue weighted by Gasteiger charge is 2.27. The van der Waals surface area contributed by atoms with Crippen molar-refractivity contribution in [3.05, 3.63) is 72.8 Å². The van der Waals surface area contributed by atoms with Crippen LogP contribution in [-0.4, -0.2) is 43.5 Å². The smallest absolute Gasteiger partial charge is 0.230 e. The second-order valence-corrected chi connectivity index (χ2v) is 7.37. The van der Waals surface area contributed by atoms with Gasteiger partial charge in [0.05, 0.1) is 12.7 Å². The van der Waals surface area contributed by atoms with Crippen LogP contribution in [0.15, 0.2) is 65.7 Å². The SMILES string of the molecule is O=C(Cc1ccco1)N1CCC[C@@H](c2nc3ccc(-c4cccnc4)cn3n2)C1. The van der Waals surface area contributed by atoms with Crippen LogP contribution in [0.4, 0.5) is 0 Å². The molecule has 1 saturated heterocycles. The number of carbonyl (C=O) groups excluding carboxylic acids is 1. The zero-order chi connectivity index (χ0) is 19.6. The van der Waals surface area contributed by atoms with Crippen molar-refractivity contribution in [2.45, 2.75) is 25.2 Å². The summed E-state index contributed by atoms with van der Waals surface area (Å²) in [5.41, 5.74) is 2.89. The molecule has 4 aromatic rings. The predicted molar refractivity (Wildman–Crippen MR) is 107 cm³/mol. The number of carbonyl (C=O) groups is 1. The molecule has 7 nitrogen and oxygen atoms in total. The van der Waals surface area contributed by atoms with E-state index >= 15 is 0 Å². The van der Waals surface area contributed by atoms with Crippen LogP contribution in [-0.2, 0) is 11.2 Å². The standard InChI is InChI=1S/C22H21N5O2/c28-21(12-19-6-3-11-29-19)26-10-2-5-18(14-26)22-24-20-8-7-17(15-27(20)25-22)16-4-1-9-23-13-16/h1,3-4,6-9,11,13,15,18H,2,5,10,12,14H2/t18-/m1/s1. The molecule has 0 radical (unpaired) electrons. The van der Waals surface area contributed by atoms with Gasteiger partial charge in [0, 0.05) is 48.7 Å². The van der Waals surface area contributed by atoms with E-state index in [1.165, 1.54) is 0 Å². The summed E-state index contributed by atoms with van der Waals surface area (Å²) in [4.78, 5) is 23.4. The molecule has 5 rings (SSSR count). The molecule has 4 aromatic heterocycles. The number of hydrogen-bond acceptors (Lipinski definition) is 5. The first-order valence-electron chi connectivity index (χ1n) is 9.83. The monoisotopic (exact) mass is 387 g/mol. The molecule has 1 amide bonds. The van der Waals surface area contributed by atoms with Crippen LogP contribution in [0.5, 0.6) is 0 Å². The molecule has 1 atom stereocenters. The Morgan fingerprint density at radius 3 is 2.97 bits per heavy atom. The number of hydrogen-bond donors (Lipinski definition) is 0. The molecule has 146 valence electrons. The van der Waals surface area contributed by atoms with E-state index in [4.69, 9.17) is 14.5 Å². The molecule has 0 N–H and O–H groups in total. The van der Waals surface area contributed by atoms with Crippen LogP contribution in [0, 0.1) is 0 Å². The Kier molecular flexibility index (Phi) is 4.56. The topological polar surface area (TPSA) is 76.5 Å². The van der Waals surface area contributed by atoms with E-state index in [9.17, 15) is 4.79 Å². The van der Waals surface area contributed by atoms with E-state index in [1.807, 2.05) is 58.2 Å². The lowest BCUT2D eigenvalue weighted by Gasteiger charge is -2.31. The maximum Gasteiger partial charge on any atom is 0.230 e. The molecule has 29 heavy (non-hydrogen) atoms. The fourth-order valence-electron chi connectivity index (χ4n) is 3.87. The normalized spacial score (nSPS) is 17.0. The van der Waals surface area contributed by atoms with E-state index in [0.29, 0.717) is 18.7 Å². The number of amides is 1. The van der Waals surface area contributed by atoms with Gasteiger partial charge in [-0.05, 0) is 43.2 Å². The molecule has 1 aliphatic heterocycles. The van der Waals surface area contributed by atoms with Gasteiger partial charge in [-0.3, -0.25) is 9.78 Å². The number of rotatable bonds is 4. The van der Waals surface area contributed by atoms with E-state index in [2.05, 4.69) is 4.98 Å². The van der Waals surface area contributed by atoms with E-state index in [1.54, 1.807) is 12.5 Å². The molecule has 0 unspecified atom stereocenters. The molecule has 0 aromatic carbocycles. The fraction of sp³-hybridized carbons (Fsp3) is 0.273. The molecule has 0 saturated carbocycles. The summed E-state index contributed by atoms with van der Waals surface area (Å²) in [6.45, 7) is 1.42. The third kappa shape index (κ3) is 3.63. The van der Waals surface area contributed by atoms with Gasteiger partial charge in [-0.25, -0.2) is 9.50 Å². The minimum Gasteiger partial charge on any atom is -0.469 e. The summed E-state index contributed by atoms with van der Waals surface area (Å²) in [5.74, 6) is 1.73. The van der Waals surface area contributed by atoms with Crippen molar-refractivity contribution in [2.75, 3.05) is 13.1 Å². The lowest BCUT2D eigenvalue weighted by molar-refractivity contribution is -0.132. The maximum atomic E-state index is 12.6. The van der Waals surface area contributed by atoms with Crippen LogP contribution in [0.1, 0.15) is 30.3 Å². The first-order valence-corrected chi connectivity index (χ1v) is 9.83. The highest BCUT2D eigenvalue weighted by molar-refractivity contribution is 5.78. The molecule has 0 bridgehead atoms.